The van der Waals surface area contributed by atoms with Crippen molar-refractivity contribution in [2.24, 2.45) is 5.92 Å². The molecule has 166 valence electrons. The van der Waals surface area contributed by atoms with E-state index in [1.165, 1.54) is 24.3 Å². The van der Waals surface area contributed by atoms with Gasteiger partial charge in [-0.2, -0.15) is 0 Å². The smallest absolute Gasteiger partial charge is 0.253 e. The monoisotopic (exact) mass is 427 g/mol. The molecule has 3 rings (SSSR count). The molecule has 1 fully saturated rings. The number of rotatable bonds is 7. The largest absolute Gasteiger partial charge is 0.496 e. The Morgan fingerprint density at radius 3 is 2.39 bits per heavy atom. The van der Waals surface area contributed by atoms with Gasteiger partial charge in [-0.1, -0.05) is 18.2 Å². The van der Waals surface area contributed by atoms with E-state index in [0.29, 0.717) is 38.0 Å². The SMILES string of the molecule is COc1ccccc1C(CNC(=O)C1CCN(C(=O)c2ccc(F)cc2)CC1)N(C)C. The average molecular weight is 428 g/mol. The van der Waals surface area contributed by atoms with Gasteiger partial charge in [0.1, 0.15) is 11.6 Å². The first kappa shape index (κ1) is 22.7. The molecule has 0 radical (unpaired) electrons. The van der Waals surface area contributed by atoms with E-state index in [1.54, 1.807) is 12.0 Å². The minimum Gasteiger partial charge on any atom is -0.496 e. The number of hydrogen-bond acceptors (Lipinski definition) is 4. The summed E-state index contributed by atoms with van der Waals surface area (Å²) in [5.74, 6) is 0.190. The van der Waals surface area contributed by atoms with Gasteiger partial charge in [0, 0.05) is 36.7 Å². The predicted molar refractivity (Wildman–Crippen MR) is 117 cm³/mol. The molecule has 7 heteroatoms. The van der Waals surface area contributed by atoms with Crippen LogP contribution in [0.4, 0.5) is 4.39 Å². The van der Waals surface area contributed by atoms with E-state index in [4.69, 9.17) is 4.74 Å². The number of halogens is 1. The van der Waals surface area contributed by atoms with Crippen molar-refractivity contribution >= 4 is 11.8 Å². The number of likely N-dealkylation sites (N-methyl/N-ethyl adjacent to an activating group) is 1. The lowest BCUT2D eigenvalue weighted by Crippen LogP contribution is -2.44. The highest BCUT2D eigenvalue weighted by Crippen LogP contribution is 2.28. The summed E-state index contributed by atoms with van der Waals surface area (Å²) in [7, 11) is 5.59. The second-order valence-electron chi connectivity index (χ2n) is 8.04. The number of hydrogen-bond donors (Lipinski definition) is 1. The fraction of sp³-hybridized carbons (Fsp3) is 0.417. The number of carbonyl (C=O) groups is 2. The maximum Gasteiger partial charge on any atom is 0.253 e. The van der Waals surface area contributed by atoms with E-state index in [9.17, 15) is 14.0 Å². The normalized spacial score (nSPS) is 15.6. The van der Waals surface area contributed by atoms with Crippen LogP contribution in [0.25, 0.3) is 0 Å². The van der Waals surface area contributed by atoms with Crippen LogP contribution >= 0.6 is 0 Å². The fourth-order valence-electron chi connectivity index (χ4n) is 3.97. The number of piperidine rings is 1. The zero-order valence-electron chi connectivity index (χ0n) is 18.3. The first-order valence-corrected chi connectivity index (χ1v) is 10.5. The number of nitrogens with one attached hydrogen (secondary N) is 1. The maximum absolute atomic E-state index is 13.1. The van der Waals surface area contributed by atoms with Crippen LogP contribution in [0.3, 0.4) is 0 Å². The lowest BCUT2D eigenvalue weighted by molar-refractivity contribution is -0.126. The Labute approximate surface area is 183 Å². The number of carbonyl (C=O) groups excluding carboxylic acids is 2. The topological polar surface area (TPSA) is 61.9 Å². The zero-order valence-corrected chi connectivity index (χ0v) is 18.3. The molecule has 0 aliphatic carbocycles. The molecule has 0 bridgehead atoms. The Morgan fingerprint density at radius 1 is 1.13 bits per heavy atom. The van der Waals surface area contributed by atoms with Crippen LogP contribution in [0.15, 0.2) is 48.5 Å². The van der Waals surface area contributed by atoms with Crippen molar-refractivity contribution in [3.8, 4) is 5.75 Å². The van der Waals surface area contributed by atoms with Crippen LogP contribution in [-0.4, -0.2) is 62.5 Å². The molecule has 1 atom stereocenters. The van der Waals surface area contributed by atoms with E-state index in [-0.39, 0.29) is 29.6 Å². The Kier molecular flexibility index (Phi) is 7.63. The van der Waals surface area contributed by atoms with Crippen molar-refractivity contribution in [3.05, 3.63) is 65.5 Å². The Bertz CT molecular complexity index is 893. The van der Waals surface area contributed by atoms with Crippen molar-refractivity contribution in [2.75, 3.05) is 40.8 Å². The summed E-state index contributed by atoms with van der Waals surface area (Å²) >= 11 is 0. The standard InChI is InChI=1S/C24H30FN3O3/c1-27(2)21(20-6-4-5-7-22(20)31-3)16-26-23(29)17-12-14-28(15-13-17)24(30)18-8-10-19(25)11-9-18/h4-11,17,21H,12-16H2,1-3H3,(H,26,29). The van der Waals surface area contributed by atoms with Gasteiger partial charge in [0.15, 0.2) is 0 Å². The van der Waals surface area contributed by atoms with Crippen LogP contribution < -0.4 is 10.1 Å². The molecule has 1 aliphatic heterocycles. The molecular weight excluding hydrogens is 397 g/mol. The summed E-state index contributed by atoms with van der Waals surface area (Å²) in [6.45, 7) is 1.50. The highest BCUT2D eigenvalue weighted by atomic mass is 19.1. The molecule has 0 saturated carbocycles. The third-order valence-corrected chi connectivity index (χ3v) is 5.84. The number of ether oxygens (including phenoxy) is 1. The van der Waals surface area contributed by atoms with Crippen molar-refractivity contribution in [1.29, 1.82) is 0 Å². The molecule has 1 unspecified atom stereocenters. The van der Waals surface area contributed by atoms with Crippen molar-refractivity contribution in [1.82, 2.24) is 15.1 Å². The second-order valence-corrected chi connectivity index (χ2v) is 8.04. The Hall–Kier alpha value is -2.93. The third-order valence-electron chi connectivity index (χ3n) is 5.84. The molecular formula is C24H30FN3O3. The van der Waals surface area contributed by atoms with Crippen molar-refractivity contribution in [2.45, 2.75) is 18.9 Å². The van der Waals surface area contributed by atoms with Crippen LogP contribution in [0.2, 0.25) is 0 Å². The van der Waals surface area contributed by atoms with Gasteiger partial charge in [-0.3, -0.25) is 9.59 Å². The minimum atomic E-state index is -0.365. The molecule has 6 nitrogen and oxygen atoms in total. The summed E-state index contributed by atoms with van der Waals surface area (Å²) < 4.78 is 18.6. The van der Waals surface area contributed by atoms with E-state index in [0.717, 1.165) is 11.3 Å². The van der Waals surface area contributed by atoms with Gasteiger partial charge in [-0.05, 0) is 57.3 Å². The van der Waals surface area contributed by atoms with Crippen LogP contribution in [0.1, 0.15) is 34.8 Å². The van der Waals surface area contributed by atoms with E-state index in [2.05, 4.69) is 10.2 Å². The number of methoxy groups -OCH3 is 1. The Balaban J connectivity index is 1.54. The first-order valence-electron chi connectivity index (χ1n) is 10.5. The summed E-state index contributed by atoms with van der Waals surface area (Å²) in [6, 6.07) is 13.4. The molecule has 2 aromatic carbocycles. The lowest BCUT2D eigenvalue weighted by Gasteiger charge is -2.32. The van der Waals surface area contributed by atoms with Gasteiger partial charge in [0.05, 0.1) is 13.2 Å². The van der Waals surface area contributed by atoms with Crippen LogP contribution in [0, 0.1) is 11.7 Å². The zero-order chi connectivity index (χ0) is 22.4. The summed E-state index contributed by atoms with van der Waals surface area (Å²) in [6.07, 6.45) is 1.22. The average Bonchev–Trinajstić information content (AvgIpc) is 2.79. The number of amides is 2. The van der Waals surface area contributed by atoms with Crippen LogP contribution in [0.5, 0.6) is 5.75 Å². The molecule has 1 heterocycles. The van der Waals surface area contributed by atoms with Gasteiger partial charge >= 0.3 is 0 Å². The van der Waals surface area contributed by atoms with Gasteiger partial charge in [-0.15, -0.1) is 0 Å². The molecule has 31 heavy (non-hydrogen) atoms. The molecule has 0 spiro atoms. The van der Waals surface area contributed by atoms with Crippen molar-refractivity contribution < 1.29 is 18.7 Å². The summed E-state index contributed by atoms with van der Waals surface area (Å²) in [4.78, 5) is 29.2. The number of para-hydroxylation sites is 1. The van der Waals surface area contributed by atoms with Crippen molar-refractivity contribution in [3.63, 3.8) is 0 Å². The van der Waals surface area contributed by atoms with Crippen LogP contribution in [-0.2, 0) is 4.79 Å². The van der Waals surface area contributed by atoms with E-state index < -0.39 is 0 Å². The predicted octanol–water partition coefficient (Wildman–Crippen LogP) is 3.11. The molecule has 2 aromatic rings. The fourth-order valence-corrected chi connectivity index (χ4v) is 3.97. The maximum atomic E-state index is 13.1. The highest BCUT2D eigenvalue weighted by Gasteiger charge is 2.28. The van der Waals surface area contributed by atoms with E-state index in [1.807, 2.05) is 38.4 Å². The third kappa shape index (κ3) is 5.61. The number of likely N-dealkylation sites (tertiary alicyclic amines) is 1. The Morgan fingerprint density at radius 2 is 1.77 bits per heavy atom. The van der Waals surface area contributed by atoms with Gasteiger partial charge in [0.2, 0.25) is 5.91 Å². The number of nitrogens with zero attached hydrogens (tertiary/aromatic N) is 2. The summed E-state index contributed by atoms with van der Waals surface area (Å²) in [5, 5.41) is 3.08. The van der Waals surface area contributed by atoms with Gasteiger partial charge in [0.25, 0.3) is 5.91 Å². The quantitative estimate of drug-likeness (QED) is 0.738. The summed E-state index contributed by atoms with van der Waals surface area (Å²) in [5.41, 5.74) is 1.49. The molecule has 1 aliphatic rings. The lowest BCUT2D eigenvalue weighted by atomic mass is 9.95. The number of benzene rings is 2. The molecule has 1 N–H and O–H groups in total. The second kappa shape index (κ2) is 10.4. The minimum absolute atomic E-state index is 0.00984. The van der Waals surface area contributed by atoms with E-state index >= 15 is 0 Å². The van der Waals surface area contributed by atoms with Gasteiger partial charge in [-0.25, -0.2) is 4.39 Å². The molecule has 2 amide bonds. The first-order chi connectivity index (χ1) is 14.9. The molecule has 0 aromatic heterocycles. The van der Waals surface area contributed by atoms with Gasteiger partial charge < -0.3 is 19.9 Å². The molecule has 1 saturated heterocycles. The highest BCUT2D eigenvalue weighted by molar-refractivity contribution is 5.94.